The topological polar surface area (TPSA) is 38.4 Å². The highest BCUT2D eigenvalue weighted by Gasteiger charge is 2.22. The summed E-state index contributed by atoms with van der Waals surface area (Å²) in [5.74, 6) is -0.0383. The van der Waals surface area contributed by atoms with E-state index >= 15 is 0 Å². The lowest BCUT2D eigenvalue weighted by molar-refractivity contribution is -0.564. The summed E-state index contributed by atoms with van der Waals surface area (Å²) in [5, 5.41) is 15.1. The molecule has 1 aliphatic rings. The minimum atomic E-state index is -0.0383. The molecule has 0 atom stereocenters. The van der Waals surface area contributed by atoms with Gasteiger partial charge in [0.05, 0.1) is 12.8 Å². The number of nitrogens with zero attached hydrogens (tertiary/aromatic N) is 2. The molecule has 0 N–H and O–H groups in total. The monoisotopic (exact) mass is 264 g/mol. The first-order valence-electron chi connectivity index (χ1n) is 6.76. The molecule has 0 saturated heterocycles. The Morgan fingerprint density at radius 3 is 1.75 bits per heavy atom. The first kappa shape index (κ1) is 12.6. The van der Waals surface area contributed by atoms with E-state index in [0.29, 0.717) is 6.54 Å². The van der Waals surface area contributed by atoms with Gasteiger partial charge in [-0.05, 0) is 16.2 Å². The van der Waals surface area contributed by atoms with E-state index in [1.807, 2.05) is 41.1 Å². The van der Waals surface area contributed by atoms with Gasteiger partial charge >= 0.3 is 0 Å². The number of hydrogen-bond donors (Lipinski definition) is 0. The van der Waals surface area contributed by atoms with E-state index in [4.69, 9.17) is 0 Å². The number of benzene rings is 2. The second-order valence-corrected chi connectivity index (χ2v) is 4.94. The van der Waals surface area contributed by atoms with Crippen molar-refractivity contribution in [3.63, 3.8) is 0 Å². The van der Waals surface area contributed by atoms with Crippen LogP contribution in [0.2, 0.25) is 0 Å². The zero-order valence-electron chi connectivity index (χ0n) is 11.2. The van der Waals surface area contributed by atoms with Crippen molar-refractivity contribution in [2.75, 3.05) is 6.54 Å². The molecule has 3 heteroatoms. The van der Waals surface area contributed by atoms with Crippen molar-refractivity contribution in [2.45, 2.75) is 12.8 Å². The van der Waals surface area contributed by atoms with Crippen molar-refractivity contribution in [1.82, 2.24) is 0 Å². The molecular weight excluding hydrogens is 248 g/mol. The highest BCUT2D eigenvalue weighted by atomic mass is 16.3. The molecule has 0 amide bonds. The van der Waals surface area contributed by atoms with Gasteiger partial charge in [-0.25, -0.2) is 0 Å². The van der Waals surface area contributed by atoms with Gasteiger partial charge in [0, 0.05) is 0 Å². The molecule has 3 nitrogen and oxygen atoms in total. The lowest BCUT2D eigenvalue weighted by Gasteiger charge is -2.16. The van der Waals surface area contributed by atoms with Crippen molar-refractivity contribution in [3.8, 4) is 0 Å². The first-order chi connectivity index (χ1) is 9.81. The van der Waals surface area contributed by atoms with Crippen LogP contribution < -0.4 is 5.11 Å². The van der Waals surface area contributed by atoms with Gasteiger partial charge in [-0.1, -0.05) is 65.3 Å². The van der Waals surface area contributed by atoms with Gasteiger partial charge in [-0.3, -0.25) is 0 Å². The van der Waals surface area contributed by atoms with Gasteiger partial charge in [-0.2, -0.15) is 0 Å². The van der Waals surface area contributed by atoms with E-state index in [1.54, 1.807) is 0 Å². The zero-order valence-corrected chi connectivity index (χ0v) is 11.2. The summed E-state index contributed by atoms with van der Waals surface area (Å²) >= 11 is 0. The highest BCUT2D eigenvalue weighted by Crippen LogP contribution is 2.09. The molecule has 0 radical (unpaired) electrons. The van der Waals surface area contributed by atoms with Gasteiger partial charge in [0.25, 0.3) is 0 Å². The van der Waals surface area contributed by atoms with Gasteiger partial charge in [0.2, 0.25) is 6.54 Å². The second kappa shape index (κ2) is 5.70. The Morgan fingerprint density at radius 1 is 0.900 bits per heavy atom. The summed E-state index contributed by atoms with van der Waals surface area (Å²) < 4.78 is 1.84. The summed E-state index contributed by atoms with van der Waals surface area (Å²) in [7, 11) is 0. The van der Waals surface area contributed by atoms with Gasteiger partial charge in [0.15, 0.2) is 5.71 Å². The van der Waals surface area contributed by atoms with Crippen LogP contribution in [-0.4, -0.2) is 22.8 Å². The fraction of sp³-hybridized carbons (Fsp3) is 0.176. The van der Waals surface area contributed by atoms with Crippen LogP contribution in [0.4, 0.5) is 0 Å². The van der Waals surface area contributed by atoms with Crippen LogP contribution in [0.5, 0.6) is 0 Å². The highest BCUT2D eigenvalue weighted by molar-refractivity contribution is 5.86. The van der Waals surface area contributed by atoms with Crippen molar-refractivity contribution in [2.24, 2.45) is 5.10 Å². The molecule has 2 aromatic rings. The molecule has 2 aromatic carbocycles. The van der Waals surface area contributed by atoms with Crippen LogP contribution in [0.3, 0.4) is 0 Å². The molecule has 0 unspecified atom stereocenters. The molecule has 1 heterocycles. The standard InChI is InChI=1S/C17H16N2O/c20-17-13-19(18-17)16(11-14-7-3-1-4-8-14)12-15-9-5-2-6-10-15/h1-10H,11-13H2. The summed E-state index contributed by atoms with van der Waals surface area (Å²) in [5.41, 5.74) is 3.66. The third-order valence-electron chi connectivity index (χ3n) is 3.38. The Kier molecular flexibility index (Phi) is 3.59. The van der Waals surface area contributed by atoms with Gasteiger partial charge in [0.1, 0.15) is 5.90 Å². The van der Waals surface area contributed by atoms with Crippen LogP contribution >= 0.6 is 0 Å². The molecule has 100 valence electrons. The molecule has 0 fully saturated rings. The molecule has 1 aliphatic heterocycles. The SMILES string of the molecule is [O-]C1=N[N+](=C(Cc2ccccc2)Cc2ccccc2)C1. The lowest BCUT2D eigenvalue weighted by atomic mass is 10.0. The quantitative estimate of drug-likeness (QED) is 0.773. The van der Waals surface area contributed by atoms with Crippen LogP contribution in [0.1, 0.15) is 11.1 Å². The second-order valence-electron chi connectivity index (χ2n) is 4.94. The van der Waals surface area contributed by atoms with Crippen LogP contribution in [-0.2, 0) is 12.8 Å². The summed E-state index contributed by atoms with van der Waals surface area (Å²) in [6.07, 6.45) is 1.65. The normalized spacial score (nSPS) is 13.6. The summed E-state index contributed by atoms with van der Waals surface area (Å²) in [6.45, 7) is 0.412. The maximum Gasteiger partial charge on any atom is 0.208 e. The molecule has 3 rings (SSSR count). The predicted octanol–water partition coefficient (Wildman–Crippen LogP) is 1.61. The van der Waals surface area contributed by atoms with Crippen molar-refractivity contribution >= 4 is 11.6 Å². The Balaban J connectivity index is 1.85. The van der Waals surface area contributed by atoms with E-state index < -0.39 is 0 Å². The minimum Gasteiger partial charge on any atom is -0.853 e. The third-order valence-corrected chi connectivity index (χ3v) is 3.38. The van der Waals surface area contributed by atoms with E-state index in [1.165, 1.54) is 16.8 Å². The number of hydrogen-bond acceptors (Lipinski definition) is 2. The molecule has 0 aliphatic carbocycles. The Morgan fingerprint density at radius 2 is 1.35 bits per heavy atom. The van der Waals surface area contributed by atoms with Crippen LogP contribution in [0, 0.1) is 0 Å². The van der Waals surface area contributed by atoms with Crippen LogP contribution in [0.15, 0.2) is 65.8 Å². The van der Waals surface area contributed by atoms with E-state index in [2.05, 4.69) is 29.4 Å². The average Bonchev–Trinajstić information content (AvgIpc) is 2.46. The molecule has 0 spiro atoms. The summed E-state index contributed by atoms with van der Waals surface area (Å²) in [4.78, 5) is 0. The van der Waals surface area contributed by atoms with Gasteiger partial charge in [-0.15, -0.1) is 0 Å². The minimum absolute atomic E-state index is 0.0383. The van der Waals surface area contributed by atoms with E-state index in [-0.39, 0.29) is 5.90 Å². The first-order valence-corrected chi connectivity index (χ1v) is 6.76. The predicted molar refractivity (Wildman–Crippen MR) is 77.9 cm³/mol. The van der Waals surface area contributed by atoms with Crippen molar-refractivity contribution < 1.29 is 9.79 Å². The smallest absolute Gasteiger partial charge is 0.208 e. The third kappa shape index (κ3) is 2.94. The molecular formula is C17H16N2O. The number of rotatable bonds is 4. The molecule has 0 saturated carbocycles. The van der Waals surface area contributed by atoms with Crippen molar-refractivity contribution in [3.05, 3.63) is 71.8 Å². The molecule has 20 heavy (non-hydrogen) atoms. The Bertz CT molecular complexity index is 602. The largest absolute Gasteiger partial charge is 0.853 e. The van der Waals surface area contributed by atoms with E-state index in [0.717, 1.165) is 12.8 Å². The maximum absolute atomic E-state index is 11.1. The fourth-order valence-corrected chi connectivity index (χ4v) is 2.34. The van der Waals surface area contributed by atoms with Crippen LogP contribution in [0.25, 0.3) is 0 Å². The number of hydrazone groups is 1. The lowest BCUT2D eigenvalue weighted by Crippen LogP contribution is -2.42. The van der Waals surface area contributed by atoms with Gasteiger partial charge < -0.3 is 5.11 Å². The summed E-state index contributed by atoms with van der Waals surface area (Å²) in [6, 6.07) is 20.6. The van der Waals surface area contributed by atoms with E-state index in [9.17, 15) is 5.11 Å². The Hall–Kier alpha value is -2.42. The maximum atomic E-state index is 11.1. The van der Waals surface area contributed by atoms with Crippen molar-refractivity contribution in [1.29, 1.82) is 0 Å². The average molecular weight is 264 g/mol. The molecule has 0 bridgehead atoms. The zero-order chi connectivity index (χ0) is 13.8. The Labute approximate surface area is 118 Å². The fourth-order valence-electron chi connectivity index (χ4n) is 2.34. The molecule has 0 aromatic heterocycles.